The van der Waals surface area contributed by atoms with Crippen LogP contribution in [-0.2, 0) is 17.9 Å². The summed E-state index contributed by atoms with van der Waals surface area (Å²) in [5.74, 6) is 0.913. The molecule has 3 aromatic rings. The highest BCUT2D eigenvalue weighted by Gasteiger charge is 2.37. The summed E-state index contributed by atoms with van der Waals surface area (Å²) in [6, 6.07) is 16.0. The zero-order chi connectivity index (χ0) is 20.7. The van der Waals surface area contributed by atoms with E-state index in [1.807, 2.05) is 46.2 Å². The molecule has 5 rings (SSSR count). The van der Waals surface area contributed by atoms with Crippen molar-refractivity contribution in [3.05, 3.63) is 74.8 Å². The van der Waals surface area contributed by atoms with Crippen molar-refractivity contribution in [1.82, 2.24) is 4.57 Å². The van der Waals surface area contributed by atoms with Crippen molar-refractivity contribution in [2.75, 3.05) is 18.4 Å². The molecule has 6 heteroatoms. The number of aromatic nitrogens is 1. The van der Waals surface area contributed by atoms with Crippen molar-refractivity contribution >= 4 is 22.9 Å². The van der Waals surface area contributed by atoms with E-state index in [9.17, 15) is 9.59 Å². The molecule has 0 aliphatic carbocycles. The maximum Gasteiger partial charge on any atom is 0.258 e. The molecule has 3 atom stereocenters. The maximum absolute atomic E-state index is 13.3. The van der Waals surface area contributed by atoms with Crippen molar-refractivity contribution in [2.45, 2.75) is 32.4 Å². The number of likely N-dealkylation sites (tertiary alicyclic amines) is 1. The quantitative estimate of drug-likeness (QED) is 0.682. The van der Waals surface area contributed by atoms with Crippen LogP contribution in [0, 0.1) is 5.92 Å². The summed E-state index contributed by atoms with van der Waals surface area (Å²) >= 11 is 1.84. The van der Waals surface area contributed by atoms with Gasteiger partial charge in [0.2, 0.25) is 5.91 Å². The summed E-state index contributed by atoms with van der Waals surface area (Å²) in [7, 11) is 0. The molecular formula is C24H26N3O2S+. The first kappa shape index (κ1) is 19.3. The van der Waals surface area contributed by atoms with Gasteiger partial charge in [0.15, 0.2) is 0 Å². The van der Waals surface area contributed by atoms with E-state index in [-0.39, 0.29) is 11.5 Å². The van der Waals surface area contributed by atoms with E-state index >= 15 is 0 Å². The molecule has 0 radical (unpaired) electrons. The first-order valence-electron chi connectivity index (χ1n) is 10.5. The summed E-state index contributed by atoms with van der Waals surface area (Å²) in [5.41, 5.74) is 3.67. The van der Waals surface area contributed by atoms with Gasteiger partial charge >= 0.3 is 0 Å². The van der Waals surface area contributed by atoms with Crippen LogP contribution in [0.2, 0.25) is 0 Å². The number of nitrogens with one attached hydrogen (secondary N) is 2. The van der Waals surface area contributed by atoms with E-state index < -0.39 is 0 Å². The molecule has 1 saturated heterocycles. The summed E-state index contributed by atoms with van der Waals surface area (Å²) in [6.07, 6.45) is 1.19. The van der Waals surface area contributed by atoms with Gasteiger partial charge in [-0.1, -0.05) is 18.2 Å². The molecule has 2 aliphatic rings. The van der Waals surface area contributed by atoms with Crippen molar-refractivity contribution in [2.24, 2.45) is 5.92 Å². The second kappa shape index (κ2) is 7.85. The van der Waals surface area contributed by atoms with Gasteiger partial charge in [-0.05, 0) is 47.7 Å². The van der Waals surface area contributed by atoms with Crippen LogP contribution in [-0.4, -0.2) is 23.6 Å². The van der Waals surface area contributed by atoms with Crippen LogP contribution < -0.4 is 15.8 Å². The molecule has 2 aromatic heterocycles. The number of fused-ring (bicyclic) bond motifs is 4. The average molecular weight is 421 g/mol. The number of hydrogen-bond acceptors (Lipinski definition) is 3. The topological polar surface area (TPSA) is 55.5 Å². The highest BCUT2D eigenvalue weighted by molar-refractivity contribution is 7.09. The Labute approximate surface area is 180 Å². The number of piperidine rings is 1. The Hall–Kier alpha value is -2.70. The zero-order valence-corrected chi connectivity index (χ0v) is 17.9. The fourth-order valence-electron chi connectivity index (χ4n) is 5.13. The Morgan fingerprint density at radius 1 is 1.17 bits per heavy atom. The Bertz CT molecular complexity index is 1120. The number of rotatable bonds is 4. The third kappa shape index (κ3) is 3.73. The zero-order valence-electron chi connectivity index (χ0n) is 17.1. The van der Waals surface area contributed by atoms with E-state index in [1.54, 1.807) is 4.90 Å². The van der Waals surface area contributed by atoms with E-state index in [0.29, 0.717) is 11.8 Å². The van der Waals surface area contributed by atoms with Crippen molar-refractivity contribution in [3.63, 3.8) is 0 Å². The second-order valence-corrected chi connectivity index (χ2v) is 9.59. The van der Waals surface area contributed by atoms with Gasteiger partial charge in [0.25, 0.3) is 5.56 Å². The van der Waals surface area contributed by atoms with Crippen molar-refractivity contribution in [3.8, 4) is 11.1 Å². The molecule has 0 spiro atoms. The molecule has 30 heavy (non-hydrogen) atoms. The molecule has 2 bridgehead atoms. The number of pyridine rings is 1. The predicted molar refractivity (Wildman–Crippen MR) is 120 cm³/mol. The Morgan fingerprint density at radius 2 is 2.00 bits per heavy atom. The van der Waals surface area contributed by atoms with Gasteiger partial charge in [-0.3, -0.25) is 9.59 Å². The minimum atomic E-state index is -0.0987. The van der Waals surface area contributed by atoms with Crippen LogP contribution in [0.25, 0.3) is 11.1 Å². The molecule has 1 unspecified atom stereocenters. The molecule has 4 heterocycles. The molecular weight excluding hydrogens is 394 g/mol. The molecule has 1 amide bonds. The van der Waals surface area contributed by atoms with E-state index in [1.165, 1.54) is 23.9 Å². The third-order valence-electron chi connectivity index (χ3n) is 6.32. The molecule has 1 fully saturated rings. The lowest BCUT2D eigenvalue weighted by molar-refractivity contribution is -0.924. The summed E-state index contributed by atoms with van der Waals surface area (Å²) < 4.78 is 2.03. The lowest BCUT2D eigenvalue weighted by Crippen LogP contribution is -3.13. The van der Waals surface area contributed by atoms with Gasteiger partial charge < -0.3 is 14.8 Å². The monoisotopic (exact) mass is 420 g/mol. The Morgan fingerprint density at radius 3 is 2.73 bits per heavy atom. The minimum Gasteiger partial charge on any atom is -0.330 e. The van der Waals surface area contributed by atoms with Gasteiger partial charge in [-0.15, -0.1) is 11.3 Å². The van der Waals surface area contributed by atoms with Gasteiger partial charge in [-0.2, -0.15) is 0 Å². The van der Waals surface area contributed by atoms with E-state index in [4.69, 9.17) is 0 Å². The lowest BCUT2D eigenvalue weighted by atomic mass is 9.82. The number of carbonyl (C=O) groups excluding carboxylic acids is 1. The first-order chi connectivity index (χ1) is 14.6. The second-order valence-electron chi connectivity index (χ2n) is 8.56. The molecule has 5 nitrogen and oxygen atoms in total. The van der Waals surface area contributed by atoms with E-state index in [0.717, 1.165) is 43.0 Å². The Balaban J connectivity index is 1.40. The van der Waals surface area contributed by atoms with Gasteiger partial charge in [0.05, 0.1) is 18.0 Å². The normalized spacial score (nSPS) is 22.4. The van der Waals surface area contributed by atoms with E-state index in [2.05, 4.69) is 28.9 Å². The third-order valence-corrected chi connectivity index (χ3v) is 7.19. The standard InChI is InChI=1S/C24H25N3O2S/c1-16(28)25-20-6-4-18(5-7-20)22-8-9-23-19-11-17(13-27(23)24(22)29)12-26(14-19)15-21-3-2-10-30-21/h2-10,17,19H,11-15H2,1H3,(H,25,28)/p+1/t17-,19+/m0/s1. The van der Waals surface area contributed by atoms with Gasteiger partial charge in [0.1, 0.15) is 6.54 Å². The van der Waals surface area contributed by atoms with Crippen LogP contribution in [0.4, 0.5) is 5.69 Å². The van der Waals surface area contributed by atoms with Crippen LogP contribution in [0.5, 0.6) is 0 Å². The number of anilines is 1. The molecule has 1 aromatic carbocycles. The van der Waals surface area contributed by atoms with Crippen LogP contribution in [0.15, 0.2) is 58.7 Å². The SMILES string of the molecule is CC(=O)Nc1ccc(-c2ccc3n(c2=O)C[C@H]2C[C@@H]3C[NH+](Cc3cccs3)C2)cc1. The Kier molecular flexibility index (Phi) is 5.05. The fourth-order valence-corrected chi connectivity index (χ4v) is 5.91. The molecule has 154 valence electrons. The number of carbonyl (C=O) groups is 1. The summed E-state index contributed by atoms with van der Waals surface area (Å²) in [4.78, 5) is 27.6. The van der Waals surface area contributed by atoms with Crippen molar-refractivity contribution in [1.29, 1.82) is 0 Å². The summed E-state index contributed by atoms with van der Waals surface area (Å²) in [6.45, 7) is 5.63. The highest BCUT2D eigenvalue weighted by Crippen LogP contribution is 2.32. The summed E-state index contributed by atoms with van der Waals surface area (Å²) in [5, 5.41) is 4.92. The number of benzene rings is 1. The smallest absolute Gasteiger partial charge is 0.258 e. The number of thiophene rings is 1. The molecule has 2 aliphatic heterocycles. The van der Waals surface area contributed by atoms with Gasteiger partial charge in [-0.25, -0.2) is 0 Å². The highest BCUT2D eigenvalue weighted by atomic mass is 32.1. The molecule has 0 saturated carbocycles. The fraction of sp³-hybridized carbons (Fsp3) is 0.333. The first-order valence-corrected chi connectivity index (χ1v) is 11.4. The van der Waals surface area contributed by atoms with Crippen LogP contribution >= 0.6 is 11.3 Å². The van der Waals surface area contributed by atoms with Crippen LogP contribution in [0.1, 0.15) is 29.8 Å². The number of amides is 1. The number of quaternary nitrogens is 1. The number of hydrogen-bond donors (Lipinski definition) is 2. The van der Waals surface area contributed by atoms with Gasteiger partial charge in [0, 0.05) is 42.2 Å². The number of nitrogens with zero attached hydrogens (tertiary/aromatic N) is 1. The van der Waals surface area contributed by atoms with Crippen molar-refractivity contribution < 1.29 is 9.69 Å². The lowest BCUT2D eigenvalue weighted by Gasteiger charge is -2.40. The average Bonchev–Trinajstić information content (AvgIpc) is 3.22. The van der Waals surface area contributed by atoms with Crippen LogP contribution in [0.3, 0.4) is 0 Å². The maximum atomic E-state index is 13.3. The largest absolute Gasteiger partial charge is 0.330 e. The molecule has 2 N–H and O–H groups in total. The predicted octanol–water partition coefficient (Wildman–Crippen LogP) is 2.74. The minimum absolute atomic E-state index is 0.0987.